The van der Waals surface area contributed by atoms with E-state index in [9.17, 15) is 19.8 Å². The highest BCUT2D eigenvalue weighted by atomic mass is 16.5. The van der Waals surface area contributed by atoms with Crippen molar-refractivity contribution >= 4 is 34.3 Å². The number of imidazole rings is 2. The van der Waals surface area contributed by atoms with Crippen LogP contribution in [0.2, 0.25) is 0 Å². The van der Waals surface area contributed by atoms with Crippen molar-refractivity contribution in [3.05, 3.63) is 106 Å². The van der Waals surface area contributed by atoms with Gasteiger partial charge in [-0.1, -0.05) is 52.0 Å². The summed E-state index contributed by atoms with van der Waals surface area (Å²) in [6, 6.07) is 15.0. The molecule has 0 unspecified atom stereocenters. The molecule has 4 aromatic rings. The number of nitrogens with zero attached hydrogens (tertiary/aromatic N) is 5. The van der Waals surface area contributed by atoms with Gasteiger partial charge < -0.3 is 40.3 Å². The summed E-state index contributed by atoms with van der Waals surface area (Å²) in [5, 5.41) is 38.6. The minimum atomic E-state index is -0.878. The van der Waals surface area contributed by atoms with Crippen LogP contribution in [0, 0.1) is 29.1 Å². The largest absolute Gasteiger partial charge is 0.385 e. The number of amides is 2. The maximum Gasteiger partial charge on any atom is 0.291 e. The van der Waals surface area contributed by atoms with Crippen LogP contribution >= 0.6 is 0 Å². The first-order chi connectivity index (χ1) is 35.0. The molecular weight excluding hydrogens is 919 g/mol. The smallest absolute Gasteiger partial charge is 0.291 e. The van der Waals surface area contributed by atoms with Gasteiger partial charge in [0.1, 0.15) is 11.8 Å². The van der Waals surface area contributed by atoms with Gasteiger partial charge >= 0.3 is 0 Å². The lowest BCUT2D eigenvalue weighted by Crippen LogP contribution is -2.47. The molecule has 0 radical (unpaired) electrons. The Morgan fingerprint density at radius 1 is 0.658 bits per heavy atom. The van der Waals surface area contributed by atoms with E-state index in [1.807, 2.05) is 37.3 Å². The molecule has 2 aliphatic heterocycles. The van der Waals surface area contributed by atoms with E-state index in [2.05, 4.69) is 92.3 Å². The number of anilines is 2. The maximum absolute atomic E-state index is 12.9. The van der Waals surface area contributed by atoms with Crippen LogP contribution < -0.4 is 10.6 Å². The molecule has 2 saturated heterocycles. The molecule has 10 rings (SSSR count). The lowest BCUT2D eigenvalue weighted by molar-refractivity contribution is -0.0449. The third kappa shape index (κ3) is 12.6. The zero-order chi connectivity index (χ0) is 51.4. The zero-order valence-electron chi connectivity index (χ0n) is 43.7. The van der Waals surface area contributed by atoms with Crippen molar-refractivity contribution in [1.29, 1.82) is 5.26 Å². The summed E-state index contributed by atoms with van der Waals surface area (Å²) in [7, 11) is 0. The summed E-state index contributed by atoms with van der Waals surface area (Å²) in [5.41, 5.74) is 7.66. The van der Waals surface area contributed by atoms with Gasteiger partial charge in [-0.2, -0.15) is 5.26 Å². The molecule has 2 saturated carbocycles. The summed E-state index contributed by atoms with van der Waals surface area (Å²) in [6.45, 7) is 18.1. The first-order valence-electron chi connectivity index (χ1n) is 26.8. The number of aliphatic hydroxyl groups is 2. The SMILES string of the molecule is CC1(C)CC=C(c2cc(C3(O)CCC(N4CCOCC4)CC3)ccc2NC(=O)c2ncc(C#N)[nH]2)CC1.Cc1cnc(C(=O)Nc2ccc(C3(O)CCC(N4CCOCC4)CC3)cc2C2=CCC(C)(C)CC2)[nH]1. The molecule has 2 aromatic heterocycles. The van der Waals surface area contributed by atoms with Gasteiger partial charge in [0, 0.05) is 72.7 Å². The molecule has 4 fully saturated rings. The molecule has 2 amide bonds. The van der Waals surface area contributed by atoms with Gasteiger partial charge in [0.2, 0.25) is 0 Å². The van der Waals surface area contributed by atoms with E-state index in [4.69, 9.17) is 14.7 Å². The Bertz CT molecular complexity index is 2700. The number of carbonyl (C=O) groups is 2. The molecule has 390 valence electrons. The summed E-state index contributed by atoms with van der Waals surface area (Å²) >= 11 is 0. The third-order valence-corrected chi connectivity index (χ3v) is 16.8. The average molecular weight is 996 g/mol. The van der Waals surface area contributed by atoms with Crippen molar-refractivity contribution < 1.29 is 29.3 Å². The molecule has 4 aliphatic carbocycles. The lowest BCUT2D eigenvalue weighted by atomic mass is 9.74. The number of nitrogens with one attached hydrogen (secondary N) is 4. The number of rotatable bonds is 10. The van der Waals surface area contributed by atoms with Crippen LogP contribution in [0.4, 0.5) is 11.4 Å². The molecule has 6 N–H and O–H groups in total. The van der Waals surface area contributed by atoms with Crippen LogP contribution in [-0.2, 0) is 20.7 Å². The third-order valence-electron chi connectivity index (χ3n) is 16.8. The van der Waals surface area contributed by atoms with Crippen molar-refractivity contribution in [1.82, 2.24) is 29.7 Å². The molecule has 73 heavy (non-hydrogen) atoms. The fraction of sp³-hybridized carbons (Fsp3) is 0.569. The van der Waals surface area contributed by atoms with Crippen LogP contribution in [0.15, 0.2) is 60.9 Å². The monoisotopic (exact) mass is 996 g/mol. The van der Waals surface area contributed by atoms with Gasteiger partial charge in [0.05, 0.1) is 43.8 Å². The summed E-state index contributed by atoms with van der Waals surface area (Å²) < 4.78 is 11.0. The Morgan fingerprint density at radius 3 is 1.45 bits per heavy atom. The van der Waals surface area contributed by atoms with Gasteiger partial charge in [0.15, 0.2) is 11.6 Å². The van der Waals surface area contributed by atoms with Gasteiger partial charge in [-0.3, -0.25) is 19.4 Å². The Labute approximate surface area is 431 Å². The van der Waals surface area contributed by atoms with Crippen LogP contribution in [0.3, 0.4) is 0 Å². The second kappa shape index (κ2) is 22.2. The predicted molar refractivity (Wildman–Crippen MR) is 284 cm³/mol. The Hall–Kier alpha value is -5.47. The van der Waals surface area contributed by atoms with Crippen LogP contribution in [0.5, 0.6) is 0 Å². The molecule has 2 aromatic carbocycles. The highest BCUT2D eigenvalue weighted by Crippen LogP contribution is 2.46. The van der Waals surface area contributed by atoms with Gasteiger partial charge in [-0.15, -0.1) is 0 Å². The number of hydrogen-bond donors (Lipinski definition) is 6. The molecule has 6 aliphatic rings. The van der Waals surface area contributed by atoms with Crippen LogP contribution in [-0.4, -0.2) is 116 Å². The molecule has 4 heterocycles. The number of aryl methyl sites for hydroxylation is 1. The lowest BCUT2D eigenvalue weighted by Gasteiger charge is -2.42. The second-order valence-corrected chi connectivity index (χ2v) is 23.1. The summed E-state index contributed by atoms with van der Waals surface area (Å²) in [6.07, 6.45) is 20.4. The molecular formula is C58H77N9O6. The minimum Gasteiger partial charge on any atom is -0.385 e. The molecule has 0 spiro atoms. The fourth-order valence-electron chi connectivity index (χ4n) is 11.8. The van der Waals surface area contributed by atoms with E-state index in [1.54, 1.807) is 6.20 Å². The van der Waals surface area contributed by atoms with E-state index in [0.29, 0.717) is 23.6 Å². The normalized spacial score (nSPS) is 26.5. The van der Waals surface area contributed by atoms with Gasteiger partial charge in [-0.05, 0) is 154 Å². The number of hydrogen-bond acceptors (Lipinski definition) is 11. The van der Waals surface area contributed by atoms with Gasteiger partial charge in [0.25, 0.3) is 11.8 Å². The number of H-pyrrole nitrogens is 2. The number of morpholine rings is 2. The number of carbonyl (C=O) groups excluding carboxylic acids is 2. The molecule has 15 heteroatoms. The number of nitriles is 1. The highest BCUT2D eigenvalue weighted by Gasteiger charge is 2.40. The van der Waals surface area contributed by atoms with E-state index >= 15 is 0 Å². The molecule has 0 bridgehead atoms. The van der Waals surface area contributed by atoms with Crippen molar-refractivity contribution in [3.63, 3.8) is 0 Å². The molecule has 0 atom stereocenters. The standard InChI is InChI=1S/C29H37N5O3.C29H40N4O3/c1-28(2)9-5-20(6-10-28)24-17-21(3-4-25(24)33-27(35)26-31-19-22(18-30)32-26)29(36)11-7-23(8-12-29)34-13-15-37-16-14-34;1-20-19-30-26(31-20)27(34)32-25-5-4-22(18-24(25)21-6-10-28(2,3)11-7-21)29(35)12-8-23(9-13-29)33-14-16-36-17-15-33/h3-5,17,19,23,36H,6-16H2,1-2H3,(H,31,32)(H,33,35);4-6,18-19,23,35H,7-17H2,1-3H3,(H,30,31)(H,32,34). The van der Waals surface area contributed by atoms with Crippen LogP contribution in [0.1, 0.15) is 172 Å². The Morgan fingerprint density at radius 2 is 1.08 bits per heavy atom. The fourth-order valence-corrected chi connectivity index (χ4v) is 11.8. The highest BCUT2D eigenvalue weighted by molar-refractivity contribution is 6.04. The number of aromatic nitrogens is 4. The van der Waals surface area contributed by atoms with Crippen molar-refractivity contribution in [2.24, 2.45) is 10.8 Å². The number of aromatic amines is 2. The van der Waals surface area contributed by atoms with E-state index in [0.717, 1.165) is 176 Å². The number of benzene rings is 2. The summed E-state index contributed by atoms with van der Waals surface area (Å²) in [5.74, 6) is -0.234. The number of allylic oxidation sites excluding steroid dienone is 4. The predicted octanol–water partition coefficient (Wildman–Crippen LogP) is 9.62. The first-order valence-corrected chi connectivity index (χ1v) is 26.8. The maximum atomic E-state index is 12.9. The minimum absolute atomic E-state index is 0.102. The van der Waals surface area contributed by atoms with E-state index in [-0.39, 0.29) is 28.3 Å². The van der Waals surface area contributed by atoms with Crippen molar-refractivity contribution in [3.8, 4) is 6.07 Å². The number of ether oxygens (including phenoxy) is 2. The second-order valence-electron chi connectivity index (χ2n) is 23.1. The van der Waals surface area contributed by atoms with E-state index in [1.165, 1.54) is 17.3 Å². The van der Waals surface area contributed by atoms with E-state index < -0.39 is 17.1 Å². The molecule has 15 nitrogen and oxygen atoms in total. The van der Waals surface area contributed by atoms with Gasteiger partial charge in [-0.25, -0.2) is 9.97 Å². The van der Waals surface area contributed by atoms with Crippen molar-refractivity contribution in [2.45, 2.75) is 148 Å². The van der Waals surface area contributed by atoms with Crippen LogP contribution in [0.25, 0.3) is 11.1 Å². The Kier molecular flexibility index (Phi) is 15.9. The summed E-state index contributed by atoms with van der Waals surface area (Å²) in [4.78, 5) is 44.8. The Balaban J connectivity index is 0.000000180. The quantitative estimate of drug-likeness (QED) is 0.0883. The first kappa shape index (κ1) is 52.4. The average Bonchev–Trinajstić information content (AvgIpc) is 4.08. The topological polar surface area (TPSA) is 205 Å². The zero-order valence-corrected chi connectivity index (χ0v) is 43.7. The van der Waals surface area contributed by atoms with Crippen molar-refractivity contribution in [2.75, 3.05) is 63.2 Å².